The highest BCUT2D eigenvalue weighted by atomic mass is 32.2. The molecule has 102 valence electrons. The maximum absolute atomic E-state index is 3.50. The van der Waals surface area contributed by atoms with Crippen molar-refractivity contribution in [2.45, 2.75) is 44.9 Å². The van der Waals surface area contributed by atoms with Crippen LogP contribution in [0.2, 0.25) is 0 Å². The zero-order valence-electron chi connectivity index (χ0n) is 12.2. The van der Waals surface area contributed by atoms with E-state index in [0.29, 0.717) is 5.92 Å². The number of hydrogen-bond acceptors (Lipinski definition) is 2. The van der Waals surface area contributed by atoms with Gasteiger partial charge >= 0.3 is 0 Å². The number of nitrogens with one attached hydrogen (secondary N) is 1. The molecule has 0 aliphatic heterocycles. The first-order valence-electron chi connectivity index (χ1n) is 7.03. The van der Waals surface area contributed by atoms with Gasteiger partial charge in [0, 0.05) is 17.2 Å². The lowest BCUT2D eigenvalue weighted by Crippen LogP contribution is -2.19. The molecule has 0 aromatic heterocycles. The predicted octanol–water partition coefficient (Wildman–Crippen LogP) is 4.54. The van der Waals surface area contributed by atoms with E-state index in [-0.39, 0.29) is 0 Å². The lowest BCUT2D eigenvalue weighted by Gasteiger charge is -2.08. The number of benzene rings is 1. The van der Waals surface area contributed by atoms with Crippen LogP contribution >= 0.6 is 11.8 Å². The zero-order chi connectivity index (χ0) is 13.4. The molecule has 0 aliphatic carbocycles. The Labute approximate surface area is 117 Å². The van der Waals surface area contributed by atoms with Gasteiger partial charge in [-0.05, 0) is 42.5 Å². The lowest BCUT2D eigenvalue weighted by atomic mass is 10.0. The summed E-state index contributed by atoms with van der Waals surface area (Å²) < 4.78 is 0. The molecule has 18 heavy (non-hydrogen) atoms. The lowest BCUT2D eigenvalue weighted by molar-refractivity contribution is 0.547. The molecule has 0 saturated carbocycles. The smallest absolute Gasteiger partial charge is 0.0106 e. The number of rotatable bonds is 8. The third kappa shape index (κ3) is 6.46. The molecule has 0 spiro atoms. The molecule has 0 fully saturated rings. The fraction of sp³-hybridized carbons (Fsp3) is 0.625. The van der Waals surface area contributed by atoms with Gasteiger partial charge in [-0.2, -0.15) is 0 Å². The number of thioether (sulfide) groups is 1. The molecular weight excluding hydrogens is 238 g/mol. The van der Waals surface area contributed by atoms with E-state index in [1.54, 1.807) is 0 Å². The van der Waals surface area contributed by atoms with Gasteiger partial charge in [-0.15, -0.1) is 11.8 Å². The first kappa shape index (κ1) is 15.6. The second-order valence-corrected chi connectivity index (χ2v) is 6.67. The van der Waals surface area contributed by atoms with E-state index in [9.17, 15) is 0 Å². The summed E-state index contributed by atoms with van der Waals surface area (Å²) in [4.78, 5) is 1.38. The average molecular weight is 265 g/mol. The second-order valence-electron chi connectivity index (χ2n) is 5.50. The van der Waals surface area contributed by atoms with Crippen molar-refractivity contribution >= 4 is 11.8 Å². The van der Waals surface area contributed by atoms with Crippen molar-refractivity contribution in [1.82, 2.24) is 5.32 Å². The van der Waals surface area contributed by atoms with Crippen molar-refractivity contribution in [1.29, 1.82) is 0 Å². The molecule has 0 aliphatic rings. The van der Waals surface area contributed by atoms with E-state index in [1.165, 1.54) is 16.9 Å². The first-order chi connectivity index (χ1) is 8.59. The largest absolute Gasteiger partial charge is 0.316 e. The van der Waals surface area contributed by atoms with Crippen LogP contribution in [0.1, 0.15) is 45.6 Å². The van der Waals surface area contributed by atoms with E-state index >= 15 is 0 Å². The fourth-order valence-electron chi connectivity index (χ4n) is 1.71. The van der Waals surface area contributed by atoms with Crippen LogP contribution in [0.25, 0.3) is 0 Å². The Morgan fingerprint density at radius 1 is 1.00 bits per heavy atom. The van der Waals surface area contributed by atoms with E-state index < -0.39 is 0 Å². The van der Waals surface area contributed by atoms with Crippen molar-refractivity contribution in [3.05, 3.63) is 29.8 Å². The zero-order valence-corrected chi connectivity index (χ0v) is 13.0. The van der Waals surface area contributed by atoms with Gasteiger partial charge in [0.1, 0.15) is 0 Å². The van der Waals surface area contributed by atoms with Crippen LogP contribution in [0.5, 0.6) is 0 Å². The maximum atomic E-state index is 3.50. The molecule has 1 aromatic rings. The highest BCUT2D eigenvalue weighted by Gasteiger charge is 1.99. The fourth-order valence-corrected chi connectivity index (χ4v) is 2.52. The molecule has 1 rings (SSSR count). The van der Waals surface area contributed by atoms with Gasteiger partial charge in [0.2, 0.25) is 0 Å². The Balaban J connectivity index is 2.15. The van der Waals surface area contributed by atoms with Crippen molar-refractivity contribution in [3.8, 4) is 0 Å². The topological polar surface area (TPSA) is 12.0 Å². The second kappa shape index (κ2) is 8.60. The summed E-state index contributed by atoms with van der Waals surface area (Å²) in [6, 6.07) is 8.99. The Bertz CT molecular complexity index is 316. The molecule has 0 amide bonds. The predicted molar refractivity (Wildman–Crippen MR) is 83.6 cm³/mol. The van der Waals surface area contributed by atoms with Crippen LogP contribution in [0.4, 0.5) is 0 Å². The third-order valence-corrected chi connectivity index (χ3v) is 4.01. The van der Waals surface area contributed by atoms with Gasteiger partial charge in [-0.3, -0.25) is 0 Å². The van der Waals surface area contributed by atoms with Crippen molar-refractivity contribution in [2.24, 2.45) is 5.92 Å². The van der Waals surface area contributed by atoms with Crippen LogP contribution in [-0.4, -0.2) is 18.8 Å². The minimum Gasteiger partial charge on any atom is -0.316 e. The molecule has 0 atom stereocenters. The van der Waals surface area contributed by atoms with Gasteiger partial charge in [0.25, 0.3) is 0 Å². The van der Waals surface area contributed by atoms with Crippen LogP contribution in [-0.2, 0) is 0 Å². The van der Waals surface area contributed by atoms with Gasteiger partial charge in [0.05, 0.1) is 0 Å². The van der Waals surface area contributed by atoms with Crippen molar-refractivity contribution < 1.29 is 0 Å². The molecule has 1 aromatic carbocycles. The molecule has 0 unspecified atom stereocenters. The summed E-state index contributed by atoms with van der Waals surface area (Å²) in [5, 5.41) is 3.50. The van der Waals surface area contributed by atoms with E-state index in [2.05, 4.69) is 57.3 Å². The summed E-state index contributed by atoms with van der Waals surface area (Å²) in [5.41, 5.74) is 1.43. The highest BCUT2D eigenvalue weighted by molar-refractivity contribution is 7.99. The van der Waals surface area contributed by atoms with E-state index in [4.69, 9.17) is 0 Å². The molecule has 0 saturated heterocycles. The minimum absolute atomic E-state index is 0.627. The minimum atomic E-state index is 0.627. The Hall–Kier alpha value is -0.470. The molecule has 1 nitrogen and oxygen atoms in total. The normalized spacial score (nSPS) is 11.4. The van der Waals surface area contributed by atoms with Crippen LogP contribution in [0, 0.1) is 5.92 Å². The van der Waals surface area contributed by atoms with Crippen LogP contribution in [0.3, 0.4) is 0 Å². The van der Waals surface area contributed by atoms with E-state index in [1.807, 2.05) is 11.8 Å². The first-order valence-corrected chi connectivity index (χ1v) is 8.01. The monoisotopic (exact) mass is 265 g/mol. The van der Waals surface area contributed by atoms with Gasteiger partial charge in [-0.1, -0.05) is 39.8 Å². The number of hydrogen-bond donors (Lipinski definition) is 1. The summed E-state index contributed by atoms with van der Waals surface area (Å²) in [6.45, 7) is 11.3. The van der Waals surface area contributed by atoms with Crippen LogP contribution in [0.15, 0.2) is 29.2 Å². The van der Waals surface area contributed by atoms with Crippen molar-refractivity contribution in [3.63, 3.8) is 0 Å². The van der Waals surface area contributed by atoms with Gasteiger partial charge < -0.3 is 5.32 Å². The average Bonchev–Trinajstić information content (AvgIpc) is 2.34. The standard InChI is InChI=1S/C16H27NS/c1-13(2)9-10-17-11-12-18-16-7-5-15(6-8-16)14(3)4/h5-8,13-14,17H,9-12H2,1-4H3. The molecular formula is C16H27NS. The molecule has 1 N–H and O–H groups in total. The molecule has 0 bridgehead atoms. The molecule has 0 heterocycles. The third-order valence-electron chi connectivity index (χ3n) is 2.99. The SMILES string of the molecule is CC(C)CCNCCSc1ccc(C(C)C)cc1. The summed E-state index contributed by atoms with van der Waals surface area (Å²) in [6.07, 6.45) is 1.27. The Morgan fingerprint density at radius 3 is 2.22 bits per heavy atom. The van der Waals surface area contributed by atoms with Gasteiger partial charge in [-0.25, -0.2) is 0 Å². The summed E-state index contributed by atoms with van der Waals surface area (Å²) >= 11 is 1.94. The Kier molecular flexibility index (Phi) is 7.45. The highest BCUT2D eigenvalue weighted by Crippen LogP contribution is 2.21. The quantitative estimate of drug-likeness (QED) is 0.547. The molecule has 0 radical (unpaired) electrons. The Morgan fingerprint density at radius 2 is 1.67 bits per heavy atom. The van der Waals surface area contributed by atoms with E-state index in [0.717, 1.165) is 24.8 Å². The van der Waals surface area contributed by atoms with Crippen LogP contribution < -0.4 is 5.32 Å². The summed E-state index contributed by atoms with van der Waals surface area (Å²) in [5.74, 6) is 2.58. The van der Waals surface area contributed by atoms with Gasteiger partial charge in [0.15, 0.2) is 0 Å². The summed E-state index contributed by atoms with van der Waals surface area (Å²) in [7, 11) is 0. The maximum Gasteiger partial charge on any atom is 0.0106 e. The van der Waals surface area contributed by atoms with Crippen molar-refractivity contribution in [2.75, 3.05) is 18.8 Å². The molecule has 2 heteroatoms.